The van der Waals surface area contributed by atoms with E-state index in [-0.39, 0.29) is 5.91 Å². The van der Waals surface area contributed by atoms with E-state index >= 15 is 0 Å². The molecule has 0 bridgehead atoms. The summed E-state index contributed by atoms with van der Waals surface area (Å²) in [4.78, 5) is 23.8. The number of hydrogen-bond acceptors (Lipinski definition) is 5. The first kappa shape index (κ1) is 25.3. The minimum atomic E-state index is -0.0792. The van der Waals surface area contributed by atoms with Crippen LogP contribution in [0.4, 0.5) is 5.82 Å². The Morgan fingerprint density at radius 3 is 2.66 bits per heavy atom. The first-order valence-corrected chi connectivity index (χ1v) is 12.6. The zero-order valence-corrected chi connectivity index (χ0v) is 21.6. The molecule has 1 saturated heterocycles. The fourth-order valence-electron chi connectivity index (χ4n) is 4.22. The topological polar surface area (TPSA) is 67.4 Å². The third-order valence-electron chi connectivity index (χ3n) is 6.35. The highest BCUT2D eigenvalue weighted by Crippen LogP contribution is 2.24. The van der Waals surface area contributed by atoms with Crippen LogP contribution in [0.2, 0.25) is 10.0 Å². The molecule has 1 N–H and O–H groups in total. The highest BCUT2D eigenvalue weighted by atomic mass is 35.5. The Morgan fingerprint density at radius 1 is 1.11 bits per heavy atom. The second kappa shape index (κ2) is 11.7. The summed E-state index contributed by atoms with van der Waals surface area (Å²) in [6.45, 7) is 6.85. The standard InChI is InChI=1S/C27H30Cl2N4O2/c1-18-3-4-22(15-25(18)35-14-10-21-5-6-23(28)16-24(21)29)27(34)31-17-20-8-12-33(13-9-20)26-7-11-30-19(2)32-26/h3-7,11,15-16,20H,8-10,12-14,17H2,1-2H3,(H,31,34). The van der Waals surface area contributed by atoms with Gasteiger partial charge in [0.05, 0.1) is 6.61 Å². The zero-order valence-electron chi connectivity index (χ0n) is 20.1. The Bertz CT molecular complexity index is 1180. The highest BCUT2D eigenvalue weighted by Gasteiger charge is 2.21. The van der Waals surface area contributed by atoms with Crippen LogP contribution in [0, 0.1) is 19.8 Å². The predicted octanol–water partition coefficient (Wildman–Crippen LogP) is 5.67. The number of aryl methyl sites for hydroxylation is 2. The summed E-state index contributed by atoms with van der Waals surface area (Å²) in [5.74, 6) is 2.83. The van der Waals surface area contributed by atoms with Gasteiger partial charge in [-0.1, -0.05) is 35.3 Å². The van der Waals surface area contributed by atoms with Gasteiger partial charge in [0.1, 0.15) is 17.4 Å². The molecule has 1 aromatic heterocycles. The molecule has 0 atom stereocenters. The number of hydrogen-bond donors (Lipinski definition) is 1. The summed E-state index contributed by atoms with van der Waals surface area (Å²) in [6, 6.07) is 13.0. The quantitative estimate of drug-likeness (QED) is 0.421. The molecule has 0 radical (unpaired) electrons. The average Bonchev–Trinajstić information content (AvgIpc) is 2.85. The third kappa shape index (κ3) is 6.86. The van der Waals surface area contributed by atoms with Crippen LogP contribution in [0.3, 0.4) is 0 Å². The molecule has 0 aliphatic carbocycles. The van der Waals surface area contributed by atoms with E-state index in [1.54, 1.807) is 12.3 Å². The van der Waals surface area contributed by atoms with Crippen molar-refractivity contribution >= 4 is 34.9 Å². The van der Waals surface area contributed by atoms with Crippen LogP contribution in [0.15, 0.2) is 48.7 Å². The summed E-state index contributed by atoms with van der Waals surface area (Å²) in [6.07, 6.45) is 4.48. The third-order valence-corrected chi connectivity index (χ3v) is 6.93. The summed E-state index contributed by atoms with van der Waals surface area (Å²) < 4.78 is 5.99. The van der Waals surface area contributed by atoms with Crippen molar-refractivity contribution in [1.82, 2.24) is 15.3 Å². The van der Waals surface area contributed by atoms with Gasteiger partial charge in [0.15, 0.2) is 0 Å². The molecule has 184 valence electrons. The molecule has 1 fully saturated rings. The molecule has 3 aromatic rings. The van der Waals surface area contributed by atoms with Crippen LogP contribution in [0.1, 0.15) is 40.2 Å². The Morgan fingerprint density at radius 2 is 1.91 bits per heavy atom. The fourth-order valence-corrected chi connectivity index (χ4v) is 4.72. The van der Waals surface area contributed by atoms with Crippen molar-refractivity contribution in [2.24, 2.45) is 5.92 Å². The molecule has 2 aromatic carbocycles. The average molecular weight is 513 g/mol. The summed E-state index contributed by atoms with van der Waals surface area (Å²) >= 11 is 12.2. The van der Waals surface area contributed by atoms with Crippen molar-refractivity contribution in [3.63, 3.8) is 0 Å². The first-order valence-electron chi connectivity index (χ1n) is 11.9. The van der Waals surface area contributed by atoms with Crippen LogP contribution < -0.4 is 15.0 Å². The van der Waals surface area contributed by atoms with E-state index in [1.807, 2.05) is 50.2 Å². The fraction of sp³-hybridized carbons (Fsp3) is 0.370. The van der Waals surface area contributed by atoms with Crippen molar-refractivity contribution in [3.8, 4) is 5.75 Å². The number of carbonyl (C=O) groups excluding carboxylic acids is 1. The van der Waals surface area contributed by atoms with Gasteiger partial charge < -0.3 is 15.0 Å². The maximum Gasteiger partial charge on any atom is 0.251 e. The molecule has 1 aliphatic heterocycles. The van der Waals surface area contributed by atoms with Crippen molar-refractivity contribution in [1.29, 1.82) is 0 Å². The number of carbonyl (C=O) groups is 1. The highest BCUT2D eigenvalue weighted by molar-refractivity contribution is 6.35. The molecule has 1 aliphatic rings. The maximum absolute atomic E-state index is 12.8. The monoisotopic (exact) mass is 512 g/mol. The maximum atomic E-state index is 12.8. The SMILES string of the molecule is Cc1nccc(N2CCC(CNC(=O)c3ccc(C)c(OCCc4ccc(Cl)cc4Cl)c3)CC2)n1. The van der Waals surface area contributed by atoms with Gasteiger partial charge in [-0.2, -0.15) is 0 Å². The van der Waals surface area contributed by atoms with Crippen LogP contribution in [0.5, 0.6) is 5.75 Å². The lowest BCUT2D eigenvalue weighted by Gasteiger charge is -2.32. The van der Waals surface area contributed by atoms with Gasteiger partial charge in [0, 0.05) is 47.9 Å². The van der Waals surface area contributed by atoms with E-state index < -0.39 is 0 Å². The van der Waals surface area contributed by atoms with Crippen molar-refractivity contribution in [3.05, 3.63) is 81.2 Å². The number of piperidine rings is 1. The molecular formula is C27H30Cl2N4O2. The van der Waals surface area contributed by atoms with E-state index in [0.717, 1.165) is 48.7 Å². The van der Waals surface area contributed by atoms with E-state index in [0.29, 0.717) is 46.8 Å². The Hall–Kier alpha value is -2.83. The predicted molar refractivity (Wildman–Crippen MR) is 141 cm³/mol. The van der Waals surface area contributed by atoms with Crippen LogP contribution in [-0.4, -0.2) is 42.1 Å². The number of nitrogens with zero attached hydrogens (tertiary/aromatic N) is 3. The van der Waals surface area contributed by atoms with Gasteiger partial charge in [-0.3, -0.25) is 4.79 Å². The molecule has 2 heterocycles. The van der Waals surface area contributed by atoms with Crippen LogP contribution in [0.25, 0.3) is 0 Å². The smallest absolute Gasteiger partial charge is 0.251 e. The van der Waals surface area contributed by atoms with E-state index in [9.17, 15) is 4.79 Å². The number of amides is 1. The molecular weight excluding hydrogens is 483 g/mol. The molecule has 8 heteroatoms. The van der Waals surface area contributed by atoms with Crippen LogP contribution >= 0.6 is 23.2 Å². The van der Waals surface area contributed by atoms with Crippen molar-refractivity contribution < 1.29 is 9.53 Å². The van der Waals surface area contributed by atoms with Gasteiger partial charge in [-0.05, 0) is 74.1 Å². The lowest BCUT2D eigenvalue weighted by atomic mass is 9.96. The molecule has 6 nitrogen and oxygen atoms in total. The van der Waals surface area contributed by atoms with Gasteiger partial charge >= 0.3 is 0 Å². The van der Waals surface area contributed by atoms with E-state index in [2.05, 4.69) is 20.2 Å². The number of nitrogens with one attached hydrogen (secondary N) is 1. The summed E-state index contributed by atoms with van der Waals surface area (Å²) in [5, 5.41) is 4.35. The van der Waals surface area contributed by atoms with Gasteiger partial charge in [0.2, 0.25) is 0 Å². The van der Waals surface area contributed by atoms with Crippen LogP contribution in [-0.2, 0) is 6.42 Å². The van der Waals surface area contributed by atoms with Gasteiger partial charge in [-0.25, -0.2) is 9.97 Å². The second-order valence-electron chi connectivity index (χ2n) is 8.92. The Balaban J connectivity index is 1.26. The number of rotatable bonds is 8. The molecule has 0 unspecified atom stereocenters. The number of benzene rings is 2. The Kier molecular flexibility index (Phi) is 8.47. The molecule has 4 rings (SSSR count). The molecule has 1 amide bonds. The summed E-state index contributed by atoms with van der Waals surface area (Å²) in [5.41, 5.74) is 2.56. The lowest BCUT2D eigenvalue weighted by Crippen LogP contribution is -2.39. The molecule has 0 saturated carbocycles. The van der Waals surface area contributed by atoms with Crippen molar-refractivity contribution in [2.75, 3.05) is 31.1 Å². The minimum Gasteiger partial charge on any atom is -0.493 e. The second-order valence-corrected chi connectivity index (χ2v) is 9.76. The Labute approximate surface area is 216 Å². The minimum absolute atomic E-state index is 0.0792. The first-order chi connectivity index (χ1) is 16.9. The zero-order chi connectivity index (χ0) is 24.8. The van der Waals surface area contributed by atoms with Gasteiger partial charge in [-0.15, -0.1) is 0 Å². The normalized spacial score (nSPS) is 14.1. The lowest BCUT2D eigenvalue weighted by molar-refractivity contribution is 0.0944. The number of anilines is 1. The van der Waals surface area contributed by atoms with E-state index in [4.69, 9.17) is 27.9 Å². The largest absolute Gasteiger partial charge is 0.493 e. The molecule has 0 spiro atoms. The number of aromatic nitrogens is 2. The number of halogens is 2. The van der Waals surface area contributed by atoms with Gasteiger partial charge in [0.25, 0.3) is 5.91 Å². The summed E-state index contributed by atoms with van der Waals surface area (Å²) in [7, 11) is 0. The van der Waals surface area contributed by atoms with E-state index in [1.165, 1.54) is 0 Å². The van der Waals surface area contributed by atoms with Crippen molar-refractivity contribution in [2.45, 2.75) is 33.1 Å². The molecule has 35 heavy (non-hydrogen) atoms. The number of ether oxygens (including phenoxy) is 1.